The summed E-state index contributed by atoms with van der Waals surface area (Å²) in [4.78, 5) is 11.8. The Hall–Kier alpha value is -1.75. The van der Waals surface area contributed by atoms with E-state index in [0.29, 0.717) is 0 Å². The van der Waals surface area contributed by atoms with Crippen molar-refractivity contribution in [3.63, 3.8) is 0 Å². The number of terminal acetylenes is 1. The molecule has 0 heterocycles. The Morgan fingerprint density at radius 2 is 1.82 bits per heavy atom. The molecular weight excluding hydrogens is 212 g/mol. The molecule has 0 N–H and O–H groups in total. The first-order valence-electron chi connectivity index (χ1n) is 5.77. The summed E-state index contributed by atoms with van der Waals surface area (Å²) in [6.45, 7) is 5.68. The highest BCUT2D eigenvalue weighted by Crippen LogP contribution is 2.20. The Balaban J connectivity index is 2.67. The van der Waals surface area contributed by atoms with Gasteiger partial charge in [0.25, 0.3) is 0 Å². The first-order valence-corrected chi connectivity index (χ1v) is 5.77. The Morgan fingerprint density at radius 1 is 1.24 bits per heavy atom. The molecule has 0 aliphatic heterocycles. The van der Waals surface area contributed by atoms with E-state index in [0.717, 1.165) is 5.56 Å². The minimum Gasteiger partial charge on any atom is -0.457 e. The number of rotatable bonds is 4. The van der Waals surface area contributed by atoms with E-state index >= 15 is 0 Å². The minimum absolute atomic E-state index is 0.0930. The highest BCUT2D eigenvalue weighted by molar-refractivity contribution is 5.76. The predicted molar refractivity (Wildman–Crippen MR) is 68.1 cm³/mol. The van der Waals surface area contributed by atoms with Crippen molar-refractivity contribution in [2.45, 2.75) is 26.9 Å². The van der Waals surface area contributed by atoms with Gasteiger partial charge in [-0.25, -0.2) is 0 Å². The molecule has 0 saturated carbocycles. The molecule has 1 aromatic rings. The normalized spacial score (nSPS) is 13.8. The molecule has 0 amide bonds. The second-order valence-electron chi connectivity index (χ2n) is 4.38. The smallest absolute Gasteiger partial charge is 0.321 e. The van der Waals surface area contributed by atoms with Gasteiger partial charge in [0.05, 0.1) is 0 Å². The second kappa shape index (κ2) is 6.10. The summed E-state index contributed by atoms with van der Waals surface area (Å²) in [6.07, 6.45) is 5.07. The van der Waals surface area contributed by atoms with Crippen LogP contribution in [-0.2, 0) is 9.53 Å². The molecule has 0 radical (unpaired) electrons. The van der Waals surface area contributed by atoms with Crippen LogP contribution in [0.5, 0.6) is 0 Å². The van der Waals surface area contributed by atoms with Crippen LogP contribution in [0.3, 0.4) is 0 Å². The van der Waals surface area contributed by atoms with Gasteiger partial charge in [-0.3, -0.25) is 4.79 Å². The number of hydrogen-bond acceptors (Lipinski definition) is 2. The molecule has 90 valence electrons. The van der Waals surface area contributed by atoms with Crippen LogP contribution in [0, 0.1) is 24.2 Å². The lowest BCUT2D eigenvalue weighted by Crippen LogP contribution is -2.22. The van der Waals surface area contributed by atoms with Crippen molar-refractivity contribution in [2.24, 2.45) is 11.8 Å². The molecule has 0 bridgehead atoms. The number of esters is 1. The predicted octanol–water partition coefficient (Wildman–Crippen LogP) is 3.20. The molecule has 0 aromatic heterocycles. The van der Waals surface area contributed by atoms with Crippen LogP contribution in [0.1, 0.15) is 32.4 Å². The maximum Gasteiger partial charge on any atom is 0.321 e. The van der Waals surface area contributed by atoms with Crippen LogP contribution >= 0.6 is 0 Å². The zero-order valence-corrected chi connectivity index (χ0v) is 10.5. The van der Waals surface area contributed by atoms with E-state index in [4.69, 9.17) is 11.2 Å². The van der Waals surface area contributed by atoms with Crippen LogP contribution in [-0.4, -0.2) is 5.97 Å². The van der Waals surface area contributed by atoms with E-state index in [-0.39, 0.29) is 18.0 Å². The molecule has 2 unspecified atom stereocenters. The van der Waals surface area contributed by atoms with Gasteiger partial charge in [-0.2, -0.15) is 0 Å². The third-order valence-corrected chi connectivity index (χ3v) is 2.66. The zero-order chi connectivity index (χ0) is 12.8. The molecule has 2 atom stereocenters. The molecule has 0 saturated heterocycles. The Labute approximate surface area is 103 Å². The zero-order valence-electron chi connectivity index (χ0n) is 10.5. The average Bonchev–Trinajstić information content (AvgIpc) is 2.30. The summed E-state index contributed by atoms with van der Waals surface area (Å²) in [5.74, 6) is 1.78. The third-order valence-electron chi connectivity index (χ3n) is 2.66. The fraction of sp³-hybridized carbons (Fsp3) is 0.400. The maximum absolute atomic E-state index is 11.8. The fourth-order valence-corrected chi connectivity index (χ4v) is 1.57. The lowest BCUT2D eigenvalue weighted by Gasteiger charge is -2.18. The number of hydrogen-bond donors (Lipinski definition) is 0. The molecule has 2 nitrogen and oxygen atoms in total. The molecule has 17 heavy (non-hydrogen) atoms. The van der Waals surface area contributed by atoms with E-state index in [1.165, 1.54) is 0 Å². The molecule has 0 fully saturated rings. The minimum atomic E-state index is -0.471. The van der Waals surface area contributed by atoms with Crippen LogP contribution < -0.4 is 0 Å². The summed E-state index contributed by atoms with van der Waals surface area (Å²) in [5.41, 5.74) is 0.973. The molecule has 2 heteroatoms. The quantitative estimate of drug-likeness (QED) is 0.586. The summed E-state index contributed by atoms with van der Waals surface area (Å²) >= 11 is 0. The van der Waals surface area contributed by atoms with Gasteiger partial charge in [0.1, 0.15) is 12.0 Å². The van der Waals surface area contributed by atoms with Gasteiger partial charge in [0.15, 0.2) is 0 Å². The largest absolute Gasteiger partial charge is 0.457 e. The standard InChI is InChI=1S/C15H18O2/c1-5-14(11(2)3)15(16)17-12(4)13-9-7-6-8-10-13/h1,6-12,14H,2-4H3. The Bertz CT molecular complexity index is 401. The monoisotopic (exact) mass is 230 g/mol. The SMILES string of the molecule is C#CC(C(=O)OC(C)c1ccccc1)C(C)C. The van der Waals surface area contributed by atoms with Gasteiger partial charge >= 0.3 is 5.97 Å². The van der Waals surface area contributed by atoms with E-state index in [1.807, 2.05) is 51.1 Å². The molecular formula is C15H18O2. The maximum atomic E-state index is 11.8. The molecule has 0 spiro atoms. The van der Waals surface area contributed by atoms with Crippen molar-refractivity contribution in [2.75, 3.05) is 0 Å². The van der Waals surface area contributed by atoms with E-state index < -0.39 is 5.92 Å². The van der Waals surface area contributed by atoms with E-state index in [9.17, 15) is 4.79 Å². The first kappa shape index (κ1) is 13.3. The average molecular weight is 230 g/mol. The van der Waals surface area contributed by atoms with Crippen molar-refractivity contribution in [1.82, 2.24) is 0 Å². The summed E-state index contributed by atoms with van der Waals surface area (Å²) in [6, 6.07) is 9.62. The lowest BCUT2D eigenvalue weighted by atomic mass is 9.97. The number of benzene rings is 1. The van der Waals surface area contributed by atoms with Gasteiger partial charge in [0.2, 0.25) is 0 Å². The highest BCUT2D eigenvalue weighted by Gasteiger charge is 2.23. The van der Waals surface area contributed by atoms with Crippen LogP contribution in [0.4, 0.5) is 0 Å². The number of carbonyl (C=O) groups excluding carboxylic acids is 1. The van der Waals surface area contributed by atoms with Crippen molar-refractivity contribution < 1.29 is 9.53 Å². The van der Waals surface area contributed by atoms with E-state index in [1.54, 1.807) is 0 Å². The topological polar surface area (TPSA) is 26.3 Å². The fourth-order valence-electron chi connectivity index (χ4n) is 1.57. The van der Waals surface area contributed by atoms with Gasteiger partial charge in [-0.05, 0) is 18.4 Å². The van der Waals surface area contributed by atoms with Gasteiger partial charge in [0, 0.05) is 0 Å². The van der Waals surface area contributed by atoms with E-state index in [2.05, 4.69) is 5.92 Å². The highest BCUT2D eigenvalue weighted by atomic mass is 16.5. The first-order chi connectivity index (χ1) is 8.06. The molecule has 0 aliphatic rings. The number of ether oxygens (including phenoxy) is 1. The Kier molecular flexibility index (Phi) is 4.78. The molecule has 0 aliphatic carbocycles. The van der Waals surface area contributed by atoms with Crippen molar-refractivity contribution in [1.29, 1.82) is 0 Å². The van der Waals surface area contributed by atoms with Crippen molar-refractivity contribution >= 4 is 5.97 Å². The van der Waals surface area contributed by atoms with Crippen LogP contribution in [0.2, 0.25) is 0 Å². The number of carbonyl (C=O) groups is 1. The van der Waals surface area contributed by atoms with Gasteiger partial charge in [-0.15, -0.1) is 6.42 Å². The van der Waals surface area contributed by atoms with Crippen molar-refractivity contribution in [3.8, 4) is 12.3 Å². The molecule has 1 aromatic carbocycles. The van der Waals surface area contributed by atoms with Crippen molar-refractivity contribution in [3.05, 3.63) is 35.9 Å². The van der Waals surface area contributed by atoms with Crippen LogP contribution in [0.25, 0.3) is 0 Å². The summed E-state index contributed by atoms with van der Waals surface area (Å²) < 4.78 is 5.37. The van der Waals surface area contributed by atoms with Gasteiger partial charge < -0.3 is 4.74 Å². The second-order valence-corrected chi connectivity index (χ2v) is 4.38. The van der Waals surface area contributed by atoms with Crippen LogP contribution in [0.15, 0.2) is 30.3 Å². The summed E-state index contributed by atoms with van der Waals surface area (Å²) in [5, 5.41) is 0. The lowest BCUT2D eigenvalue weighted by molar-refractivity contribution is -0.152. The molecule has 1 rings (SSSR count). The Morgan fingerprint density at radius 3 is 2.29 bits per heavy atom. The third kappa shape index (κ3) is 3.64. The van der Waals surface area contributed by atoms with Gasteiger partial charge in [-0.1, -0.05) is 50.1 Å². The summed E-state index contributed by atoms with van der Waals surface area (Å²) in [7, 11) is 0.